The number of methoxy groups -OCH3 is 1. The van der Waals surface area contributed by atoms with E-state index in [0.29, 0.717) is 36.6 Å². The number of ether oxygens (including phenoxy) is 3. The summed E-state index contributed by atoms with van der Waals surface area (Å²) in [5.41, 5.74) is 1.56. The first-order valence-electron chi connectivity index (χ1n) is 8.32. The fourth-order valence-electron chi connectivity index (χ4n) is 2.62. The molecule has 1 atom stereocenters. The molecule has 138 valence electrons. The number of hydrogen-bond acceptors (Lipinski definition) is 7. The smallest absolute Gasteiger partial charge is 0.329 e. The highest BCUT2D eigenvalue weighted by molar-refractivity contribution is 7.13. The van der Waals surface area contributed by atoms with Crippen LogP contribution in [-0.4, -0.2) is 36.6 Å². The number of carbonyl (C=O) groups is 2. The molecule has 0 aliphatic carbocycles. The van der Waals surface area contributed by atoms with Crippen LogP contribution in [0.4, 0.5) is 0 Å². The van der Waals surface area contributed by atoms with Crippen molar-refractivity contribution in [3.05, 3.63) is 29.3 Å². The second-order valence-electron chi connectivity index (χ2n) is 5.71. The molecule has 0 saturated carbocycles. The molecule has 1 fully saturated rings. The molecule has 8 heteroatoms. The van der Waals surface area contributed by atoms with Crippen molar-refractivity contribution in [3.63, 3.8) is 0 Å². The second kappa shape index (κ2) is 8.18. The lowest BCUT2D eigenvalue weighted by Gasteiger charge is -2.10. The van der Waals surface area contributed by atoms with E-state index in [1.165, 1.54) is 11.3 Å². The van der Waals surface area contributed by atoms with Crippen molar-refractivity contribution in [1.29, 1.82) is 0 Å². The van der Waals surface area contributed by atoms with Crippen molar-refractivity contribution in [2.24, 2.45) is 0 Å². The summed E-state index contributed by atoms with van der Waals surface area (Å²) in [6.07, 6.45) is 0.839. The number of rotatable bonds is 7. The molecule has 0 unspecified atom stereocenters. The molecule has 2 aromatic rings. The minimum absolute atomic E-state index is 0.0792. The summed E-state index contributed by atoms with van der Waals surface area (Å²) in [6.45, 7) is 2.55. The number of nitrogens with one attached hydrogen (secondary N) is 1. The van der Waals surface area contributed by atoms with Crippen molar-refractivity contribution >= 4 is 23.2 Å². The normalized spacial score (nSPS) is 16.2. The van der Waals surface area contributed by atoms with Crippen molar-refractivity contribution in [3.8, 4) is 22.1 Å². The summed E-state index contributed by atoms with van der Waals surface area (Å²) < 4.78 is 16.1. The molecule has 0 radical (unpaired) electrons. The lowest BCUT2D eigenvalue weighted by atomic mass is 10.2. The van der Waals surface area contributed by atoms with E-state index in [1.807, 2.05) is 30.5 Å². The molecule has 7 nitrogen and oxygen atoms in total. The highest BCUT2D eigenvalue weighted by atomic mass is 32.1. The van der Waals surface area contributed by atoms with Gasteiger partial charge in [-0.05, 0) is 31.5 Å². The predicted octanol–water partition coefficient (Wildman–Crippen LogP) is 2.54. The van der Waals surface area contributed by atoms with E-state index in [-0.39, 0.29) is 12.5 Å². The van der Waals surface area contributed by atoms with Crippen LogP contribution in [-0.2, 0) is 20.9 Å². The Morgan fingerprint density at radius 3 is 2.92 bits per heavy atom. The van der Waals surface area contributed by atoms with Crippen LogP contribution in [0.5, 0.6) is 11.5 Å². The number of esters is 1. The molecule has 1 aromatic heterocycles. The van der Waals surface area contributed by atoms with Crippen LogP contribution >= 0.6 is 11.3 Å². The van der Waals surface area contributed by atoms with Gasteiger partial charge < -0.3 is 19.5 Å². The topological polar surface area (TPSA) is 86.8 Å². The van der Waals surface area contributed by atoms with Gasteiger partial charge in [-0.3, -0.25) is 4.79 Å². The third-order valence-corrected chi connectivity index (χ3v) is 4.84. The monoisotopic (exact) mass is 376 g/mol. The number of nitrogens with zero attached hydrogens (tertiary/aromatic N) is 1. The highest BCUT2D eigenvalue weighted by Gasteiger charge is 2.28. The first-order valence-corrected chi connectivity index (χ1v) is 9.20. The first kappa shape index (κ1) is 18.2. The summed E-state index contributed by atoms with van der Waals surface area (Å²) in [4.78, 5) is 27.6. The Labute approximate surface area is 155 Å². The van der Waals surface area contributed by atoms with Crippen LogP contribution in [0.1, 0.15) is 25.5 Å². The zero-order valence-electron chi connectivity index (χ0n) is 14.6. The SMILES string of the molecule is CCOc1ccc(-c2nc(COC(=O)[C@H]3CCC(=O)N3)cs2)cc1OC. The molecule has 1 amide bonds. The van der Waals surface area contributed by atoms with Gasteiger partial charge in [-0.25, -0.2) is 9.78 Å². The van der Waals surface area contributed by atoms with Crippen LogP contribution in [0, 0.1) is 0 Å². The molecule has 26 heavy (non-hydrogen) atoms. The van der Waals surface area contributed by atoms with Gasteiger partial charge in [0.1, 0.15) is 17.7 Å². The van der Waals surface area contributed by atoms with Crippen LogP contribution in [0.25, 0.3) is 10.6 Å². The number of benzene rings is 1. The molecule has 0 spiro atoms. The zero-order valence-corrected chi connectivity index (χ0v) is 15.4. The van der Waals surface area contributed by atoms with Crippen LogP contribution < -0.4 is 14.8 Å². The number of thiazole rings is 1. The van der Waals surface area contributed by atoms with E-state index < -0.39 is 12.0 Å². The number of aromatic nitrogens is 1. The van der Waals surface area contributed by atoms with Gasteiger partial charge in [0.15, 0.2) is 11.5 Å². The van der Waals surface area contributed by atoms with Crippen LogP contribution in [0.2, 0.25) is 0 Å². The summed E-state index contributed by atoms with van der Waals surface area (Å²) in [5, 5.41) is 5.24. The highest BCUT2D eigenvalue weighted by Crippen LogP contribution is 2.33. The largest absolute Gasteiger partial charge is 0.493 e. The van der Waals surface area contributed by atoms with Crippen molar-refractivity contribution < 1.29 is 23.8 Å². The average Bonchev–Trinajstić information content (AvgIpc) is 3.29. The Hall–Kier alpha value is -2.61. The summed E-state index contributed by atoms with van der Waals surface area (Å²) in [5.74, 6) is 0.785. The Bertz CT molecular complexity index is 805. The molecule has 1 aliphatic rings. The van der Waals surface area contributed by atoms with Crippen molar-refractivity contribution in [2.45, 2.75) is 32.4 Å². The van der Waals surface area contributed by atoms with Gasteiger partial charge in [0, 0.05) is 17.4 Å². The lowest BCUT2D eigenvalue weighted by Crippen LogP contribution is -2.34. The molecule has 1 aromatic carbocycles. The van der Waals surface area contributed by atoms with E-state index in [0.717, 1.165) is 10.6 Å². The molecule has 1 N–H and O–H groups in total. The van der Waals surface area contributed by atoms with Crippen molar-refractivity contribution in [1.82, 2.24) is 10.3 Å². The maximum atomic E-state index is 11.9. The predicted molar refractivity (Wildman–Crippen MR) is 96.2 cm³/mol. The van der Waals surface area contributed by atoms with E-state index in [4.69, 9.17) is 14.2 Å². The Balaban J connectivity index is 1.64. The zero-order chi connectivity index (χ0) is 18.5. The minimum atomic E-state index is -0.545. The third-order valence-electron chi connectivity index (χ3n) is 3.90. The fourth-order valence-corrected chi connectivity index (χ4v) is 3.42. The van der Waals surface area contributed by atoms with Gasteiger partial charge in [0.2, 0.25) is 5.91 Å². The van der Waals surface area contributed by atoms with Gasteiger partial charge in [-0.2, -0.15) is 0 Å². The minimum Gasteiger partial charge on any atom is -0.493 e. The van der Waals surface area contributed by atoms with E-state index in [2.05, 4.69) is 10.3 Å². The summed E-state index contributed by atoms with van der Waals surface area (Å²) in [6, 6.07) is 5.08. The van der Waals surface area contributed by atoms with E-state index >= 15 is 0 Å². The average molecular weight is 376 g/mol. The van der Waals surface area contributed by atoms with Crippen LogP contribution in [0.15, 0.2) is 23.6 Å². The summed E-state index contributed by atoms with van der Waals surface area (Å²) >= 11 is 1.46. The Kier molecular flexibility index (Phi) is 5.72. The quantitative estimate of drug-likeness (QED) is 0.748. The molecule has 3 rings (SSSR count). The Morgan fingerprint density at radius 2 is 2.23 bits per heavy atom. The van der Waals surface area contributed by atoms with Gasteiger partial charge in [-0.1, -0.05) is 0 Å². The molecule has 1 saturated heterocycles. The molecular formula is C18H20N2O5S. The second-order valence-corrected chi connectivity index (χ2v) is 6.57. The number of amides is 1. The first-order chi connectivity index (χ1) is 12.6. The molecule has 2 heterocycles. The van der Waals surface area contributed by atoms with E-state index in [9.17, 15) is 9.59 Å². The third kappa shape index (κ3) is 4.13. The maximum absolute atomic E-state index is 11.9. The summed E-state index contributed by atoms with van der Waals surface area (Å²) in [7, 11) is 1.59. The molecule has 1 aliphatic heterocycles. The molecular weight excluding hydrogens is 356 g/mol. The van der Waals surface area contributed by atoms with Crippen LogP contribution in [0.3, 0.4) is 0 Å². The number of hydrogen-bond donors (Lipinski definition) is 1. The fraction of sp³-hybridized carbons (Fsp3) is 0.389. The Morgan fingerprint density at radius 1 is 1.38 bits per heavy atom. The molecule has 0 bridgehead atoms. The van der Waals surface area contributed by atoms with Gasteiger partial charge in [-0.15, -0.1) is 11.3 Å². The lowest BCUT2D eigenvalue weighted by molar-refractivity contribution is -0.147. The van der Waals surface area contributed by atoms with E-state index in [1.54, 1.807) is 7.11 Å². The maximum Gasteiger partial charge on any atom is 0.329 e. The van der Waals surface area contributed by atoms with Crippen molar-refractivity contribution in [2.75, 3.05) is 13.7 Å². The van der Waals surface area contributed by atoms with Gasteiger partial charge in [0.05, 0.1) is 19.4 Å². The number of carbonyl (C=O) groups excluding carboxylic acids is 2. The van der Waals surface area contributed by atoms with Gasteiger partial charge in [0.25, 0.3) is 0 Å². The standard InChI is InChI=1S/C18H20N2O5S/c1-3-24-14-6-4-11(8-15(14)23-2)17-19-12(10-26-17)9-25-18(22)13-5-7-16(21)20-13/h4,6,8,10,13H,3,5,7,9H2,1-2H3,(H,20,21)/t13-/m1/s1. The van der Waals surface area contributed by atoms with Gasteiger partial charge >= 0.3 is 5.97 Å².